The van der Waals surface area contributed by atoms with Crippen molar-refractivity contribution in [2.24, 2.45) is 5.73 Å². The van der Waals surface area contributed by atoms with Crippen molar-refractivity contribution in [3.05, 3.63) is 24.0 Å². The Balaban J connectivity index is 2.35. The van der Waals surface area contributed by atoms with Crippen molar-refractivity contribution in [3.8, 4) is 0 Å². The lowest BCUT2D eigenvalue weighted by molar-refractivity contribution is 0.438. The molecule has 68 valence electrons. The molecule has 0 atom stereocenters. The number of rotatable bonds is 3. The topological polar surface area (TPSA) is 64.9 Å². The first-order valence-electron chi connectivity index (χ1n) is 4.31. The maximum absolute atomic E-state index is 5.42. The first-order chi connectivity index (χ1) is 6.42. The molecule has 0 aliphatic carbocycles. The molecule has 0 saturated carbocycles. The molecule has 2 aromatic rings. The monoisotopic (exact) mass is 177 g/mol. The average Bonchev–Trinajstić information content (AvgIpc) is 2.58. The summed E-state index contributed by atoms with van der Waals surface area (Å²) in [5, 5.41) is 4.94. The summed E-state index contributed by atoms with van der Waals surface area (Å²) in [4.78, 5) is 4.05. The van der Waals surface area contributed by atoms with E-state index in [1.807, 2.05) is 12.1 Å². The summed E-state index contributed by atoms with van der Waals surface area (Å²) in [6.07, 6.45) is 3.48. The molecule has 0 unspecified atom stereocenters. The first-order valence-corrected chi connectivity index (χ1v) is 4.31. The summed E-state index contributed by atoms with van der Waals surface area (Å²) in [7, 11) is 0. The van der Waals surface area contributed by atoms with E-state index in [2.05, 4.69) is 10.1 Å². The Labute approximate surface area is 75.7 Å². The van der Waals surface area contributed by atoms with E-state index in [1.54, 1.807) is 6.20 Å². The molecule has 0 fully saturated rings. The second-order valence-electron chi connectivity index (χ2n) is 2.88. The summed E-state index contributed by atoms with van der Waals surface area (Å²) in [6.45, 7) is 0.675. The number of hydrogen-bond donors (Lipinski definition) is 1. The van der Waals surface area contributed by atoms with Crippen molar-refractivity contribution < 1.29 is 4.52 Å². The molecule has 2 heterocycles. The van der Waals surface area contributed by atoms with Crippen LogP contribution in [0.25, 0.3) is 11.1 Å². The number of hydrogen-bond acceptors (Lipinski definition) is 4. The van der Waals surface area contributed by atoms with Crippen molar-refractivity contribution in [3.63, 3.8) is 0 Å². The Bertz CT molecular complexity index is 396. The van der Waals surface area contributed by atoms with Crippen LogP contribution in [0.5, 0.6) is 0 Å². The van der Waals surface area contributed by atoms with Gasteiger partial charge in [-0.25, -0.2) is 4.98 Å². The molecular weight excluding hydrogens is 166 g/mol. The third-order valence-corrected chi connectivity index (χ3v) is 1.94. The maximum Gasteiger partial charge on any atom is 0.257 e. The van der Waals surface area contributed by atoms with Gasteiger partial charge in [0.1, 0.15) is 0 Å². The Hall–Kier alpha value is -1.42. The minimum absolute atomic E-state index is 0.606. The standard InChI is InChI=1S/C9H11N3O/c10-5-1-4-8-7-3-2-6-11-9(7)13-12-8/h2-3,6H,1,4-5,10H2. The number of nitrogens with zero attached hydrogens (tertiary/aromatic N) is 2. The zero-order chi connectivity index (χ0) is 9.10. The molecule has 2 aromatic heterocycles. The minimum Gasteiger partial charge on any atom is -0.336 e. The molecular formula is C9H11N3O. The van der Waals surface area contributed by atoms with Crippen molar-refractivity contribution in [1.29, 1.82) is 0 Å². The van der Waals surface area contributed by atoms with Gasteiger partial charge in [0.15, 0.2) is 0 Å². The predicted molar refractivity (Wildman–Crippen MR) is 49.2 cm³/mol. The highest BCUT2D eigenvalue weighted by Gasteiger charge is 2.06. The van der Waals surface area contributed by atoms with Gasteiger partial charge in [-0.2, -0.15) is 0 Å². The lowest BCUT2D eigenvalue weighted by Crippen LogP contribution is -2.00. The molecule has 13 heavy (non-hydrogen) atoms. The van der Waals surface area contributed by atoms with Crippen molar-refractivity contribution in [2.45, 2.75) is 12.8 Å². The maximum atomic E-state index is 5.42. The van der Waals surface area contributed by atoms with Crippen LogP contribution in [-0.2, 0) is 6.42 Å². The molecule has 4 heteroatoms. The Morgan fingerprint density at radius 1 is 1.46 bits per heavy atom. The minimum atomic E-state index is 0.606. The SMILES string of the molecule is NCCCc1noc2ncccc12. The summed E-state index contributed by atoms with van der Waals surface area (Å²) >= 11 is 0. The molecule has 0 aromatic carbocycles. The summed E-state index contributed by atoms with van der Waals surface area (Å²) < 4.78 is 5.04. The van der Waals surface area contributed by atoms with Gasteiger partial charge in [-0.3, -0.25) is 0 Å². The van der Waals surface area contributed by atoms with E-state index < -0.39 is 0 Å². The highest BCUT2D eigenvalue weighted by Crippen LogP contribution is 2.16. The molecule has 0 amide bonds. The number of fused-ring (bicyclic) bond motifs is 1. The lowest BCUT2D eigenvalue weighted by Gasteiger charge is -1.92. The molecule has 0 bridgehead atoms. The molecule has 2 N–H and O–H groups in total. The molecule has 2 rings (SSSR count). The summed E-state index contributed by atoms with van der Waals surface area (Å²) in [6, 6.07) is 3.84. The van der Waals surface area contributed by atoms with Gasteiger partial charge in [0.05, 0.1) is 11.1 Å². The molecule has 0 aliphatic heterocycles. The van der Waals surface area contributed by atoms with E-state index in [-0.39, 0.29) is 0 Å². The van der Waals surface area contributed by atoms with Crippen molar-refractivity contribution in [1.82, 2.24) is 10.1 Å². The van der Waals surface area contributed by atoms with Gasteiger partial charge in [-0.1, -0.05) is 5.16 Å². The van der Waals surface area contributed by atoms with Gasteiger partial charge in [0, 0.05) is 6.20 Å². The van der Waals surface area contributed by atoms with Crippen molar-refractivity contribution >= 4 is 11.1 Å². The highest BCUT2D eigenvalue weighted by atomic mass is 16.5. The fourth-order valence-electron chi connectivity index (χ4n) is 1.28. The smallest absolute Gasteiger partial charge is 0.257 e. The van der Waals surface area contributed by atoms with E-state index in [4.69, 9.17) is 10.3 Å². The van der Waals surface area contributed by atoms with Gasteiger partial charge in [-0.15, -0.1) is 0 Å². The number of aryl methyl sites for hydroxylation is 1. The van der Waals surface area contributed by atoms with Crippen LogP contribution in [0.15, 0.2) is 22.9 Å². The van der Waals surface area contributed by atoms with Gasteiger partial charge < -0.3 is 10.3 Å². The van der Waals surface area contributed by atoms with Crippen LogP contribution < -0.4 is 5.73 Å². The third kappa shape index (κ3) is 1.53. The van der Waals surface area contributed by atoms with Gasteiger partial charge in [0.2, 0.25) is 0 Å². The number of pyridine rings is 1. The Morgan fingerprint density at radius 3 is 3.23 bits per heavy atom. The summed E-state index contributed by atoms with van der Waals surface area (Å²) in [5.41, 5.74) is 6.97. The van der Waals surface area contributed by atoms with Crippen LogP contribution in [-0.4, -0.2) is 16.7 Å². The molecule has 0 radical (unpaired) electrons. The largest absolute Gasteiger partial charge is 0.336 e. The molecule has 4 nitrogen and oxygen atoms in total. The van der Waals surface area contributed by atoms with E-state index in [0.29, 0.717) is 12.3 Å². The van der Waals surface area contributed by atoms with Crippen LogP contribution in [0.3, 0.4) is 0 Å². The van der Waals surface area contributed by atoms with E-state index in [9.17, 15) is 0 Å². The van der Waals surface area contributed by atoms with E-state index in [1.165, 1.54) is 0 Å². The van der Waals surface area contributed by atoms with Gasteiger partial charge in [0.25, 0.3) is 5.71 Å². The van der Waals surface area contributed by atoms with Crippen LogP contribution in [0.2, 0.25) is 0 Å². The zero-order valence-corrected chi connectivity index (χ0v) is 7.23. The third-order valence-electron chi connectivity index (χ3n) is 1.94. The fourth-order valence-corrected chi connectivity index (χ4v) is 1.28. The fraction of sp³-hybridized carbons (Fsp3) is 0.333. The predicted octanol–water partition coefficient (Wildman–Crippen LogP) is 1.11. The molecule has 0 aliphatic rings. The van der Waals surface area contributed by atoms with Crippen molar-refractivity contribution in [2.75, 3.05) is 6.54 Å². The van der Waals surface area contributed by atoms with Crippen LogP contribution in [0, 0.1) is 0 Å². The quantitative estimate of drug-likeness (QED) is 0.762. The van der Waals surface area contributed by atoms with Gasteiger partial charge in [-0.05, 0) is 31.5 Å². The second kappa shape index (κ2) is 3.53. The number of aromatic nitrogens is 2. The molecule has 0 spiro atoms. The average molecular weight is 177 g/mol. The van der Waals surface area contributed by atoms with Gasteiger partial charge >= 0.3 is 0 Å². The lowest BCUT2D eigenvalue weighted by atomic mass is 10.2. The highest BCUT2D eigenvalue weighted by molar-refractivity contribution is 5.75. The Morgan fingerprint density at radius 2 is 2.38 bits per heavy atom. The van der Waals surface area contributed by atoms with E-state index >= 15 is 0 Å². The van der Waals surface area contributed by atoms with Crippen LogP contribution in [0.4, 0.5) is 0 Å². The first kappa shape index (κ1) is 8.19. The molecule has 0 saturated heterocycles. The van der Waals surface area contributed by atoms with Crippen LogP contribution in [0.1, 0.15) is 12.1 Å². The Kier molecular flexibility index (Phi) is 2.23. The van der Waals surface area contributed by atoms with E-state index in [0.717, 1.165) is 23.9 Å². The normalized spacial score (nSPS) is 10.8. The number of nitrogens with two attached hydrogens (primary N) is 1. The summed E-state index contributed by atoms with van der Waals surface area (Å²) in [5.74, 6) is 0. The second-order valence-corrected chi connectivity index (χ2v) is 2.88. The van der Waals surface area contributed by atoms with Crippen LogP contribution >= 0.6 is 0 Å². The zero-order valence-electron chi connectivity index (χ0n) is 7.23.